The lowest BCUT2D eigenvalue weighted by molar-refractivity contribution is -0.117. The van der Waals surface area contributed by atoms with Crippen LogP contribution < -0.4 is 9.64 Å². The molecule has 1 aromatic carbocycles. The first-order valence-corrected chi connectivity index (χ1v) is 5.71. The van der Waals surface area contributed by atoms with Crippen molar-refractivity contribution in [1.82, 2.24) is 0 Å². The van der Waals surface area contributed by atoms with Crippen LogP contribution in [0.1, 0.15) is 6.42 Å². The van der Waals surface area contributed by atoms with Crippen molar-refractivity contribution in [3.05, 3.63) is 24.3 Å². The molecule has 1 heterocycles. The van der Waals surface area contributed by atoms with E-state index in [2.05, 4.69) is 15.9 Å². The molecular weight excluding hydrogens is 258 g/mol. The van der Waals surface area contributed by atoms with E-state index in [1.54, 1.807) is 12.0 Å². The number of alkyl halides is 1. The van der Waals surface area contributed by atoms with Crippen molar-refractivity contribution in [1.29, 1.82) is 0 Å². The summed E-state index contributed by atoms with van der Waals surface area (Å²) in [5.41, 5.74) is 0.854. The number of halogens is 1. The number of amides is 1. The van der Waals surface area contributed by atoms with Gasteiger partial charge in [-0.2, -0.15) is 0 Å². The molecule has 1 saturated heterocycles. The van der Waals surface area contributed by atoms with E-state index in [0.29, 0.717) is 13.0 Å². The molecule has 80 valence electrons. The van der Waals surface area contributed by atoms with E-state index >= 15 is 0 Å². The number of nitrogens with zero attached hydrogens (tertiary/aromatic N) is 1. The fourth-order valence-corrected chi connectivity index (χ4v) is 2.32. The Labute approximate surface area is 97.2 Å². The van der Waals surface area contributed by atoms with E-state index in [1.807, 2.05) is 24.3 Å². The highest BCUT2D eigenvalue weighted by molar-refractivity contribution is 9.09. The molecule has 0 N–H and O–H groups in total. The Hall–Kier alpha value is -1.03. The van der Waals surface area contributed by atoms with Gasteiger partial charge >= 0.3 is 0 Å². The van der Waals surface area contributed by atoms with Gasteiger partial charge in [0.25, 0.3) is 0 Å². The van der Waals surface area contributed by atoms with Crippen molar-refractivity contribution in [3.63, 3.8) is 0 Å². The first kappa shape index (κ1) is 10.5. The molecule has 1 unspecified atom stereocenters. The summed E-state index contributed by atoms with van der Waals surface area (Å²) in [7, 11) is 1.62. The molecule has 1 atom stereocenters. The highest BCUT2D eigenvalue weighted by Crippen LogP contribution is 2.32. The summed E-state index contributed by atoms with van der Waals surface area (Å²) in [6, 6.07) is 7.58. The lowest BCUT2D eigenvalue weighted by Crippen LogP contribution is -2.24. The van der Waals surface area contributed by atoms with Crippen molar-refractivity contribution >= 4 is 27.5 Å². The van der Waals surface area contributed by atoms with Crippen LogP contribution in [0, 0.1) is 0 Å². The lowest BCUT2D eigenvalue weighted by Gasteiger charge is -2.18. The third-order valence-electron chi connectivity index (χ3n) is 2.45. The Balaban J connectivity index is 2.33. The fourth-order valence-electron chi connectivity index (χ4n) is 1.75. The average Bonchev–Trinajstić information content (AvgIpc) is 2.57. The second-order valence-electron chi connectivity index (χ2n) is 3.48. The maximum atomic E-state index is 11.7. The Bertz CT molecular complexity index is 381. The number of hydrogen-bond acceptors (Lipinski definition) is 2. The molecule has 0 spiro atoms. The van der Waals surface area contributed by atoms with Crippen molar-refractivity contribution in [2.24, 2.45) is 0 Å². The Morgan fingerprint density at radius 1 is 1.47 bits per heavy atom. The minimum absolute atomic E-state index is 0.140. The maximum absolute atomic E-state index is 11.7. The molecule has 1 amide bonds. The van der Waals surface area contributed by atoms with E-state index in [0.717, 1.165) is 11.4 Å². The number of benzene rings is 1. The maximum Gasteiger partial charge on any atom is 0.228 e. The number of methoxy groups -OCH3 is 1. The van der Waals surface area contributed by atoms with E-state index < -0.39 is 0 Å². The van der Waals surface area contributed by atoms with Crippen molar-refractivity contribution in [2.75, 3.05) is 18.6 Å². The van der Waals surface area contributed by atoms with Crippen LogP contribution in [-0.2, 0) is 4.79 Å². The van der Waals surface area contributed by atoms with Crippen LogP contribution in [0.25, 0.3) is 0 Å². The Kier molecular flexibility index (Phi) is 2.95. The van der Waals surface area contributed by atoms with Gasteiger partial charge in [0.2, 0.25) is 5.91 Å². The quantitative estimate of drug-likeness (QED) is 0.771. The van der Waals surface area contributed by atoms with Gasteiger partial charge in [-0.1, -0.05) is 28.1 Å². The number of rotatable bonds is 2. The van der Waals surface area contributed by atoms with Crippen molar-refractivity contribution < 1.29 is 9.53 Å². The molecule has 0 saturated carbocycles. The molecule has 15 heavy (non-hydrogen) atoms. The molecule has 1 aromatic rings. The van der Waals surface area contributed by atoms with E-state index in [-0.39, 0.29) is 10.7 Å². The smallest absolute Gasteiger partial charge is 0.228 e. The number of hydrogen-bond donors (Lipinski definition) is 0. The third kappa shape index (κ3) is 2.00. The van der Waals surface area contributed by atoms with Gasteiger partial charge in [0.1, 0.15) is 5.75 Å². The second kappa shape index (κ2) is 4.23. The van der Waals surface area contributed by atoms with Crippen molar-refractivity contribution in [3.8, 4) is 5.75 Å². The fraction of sp³-hybridized carbons (Fsp3) is 0.364. The normalized spacial score (nSPS) is 20.8. The van der Waals surface area contributed by atoms with Gasteiger partial charge in [0, 0.05) is 17.8 Å². The SMILES string of the molecule is COc1ccccc1N1CC(Br)CC1=O. The highest BCUT2D eigenvalue weighted by atomic mass is 79.9. The molecule has 0 aromatic heterocycles. The molecule has 0 aliphatic carbocycles. The number of ether oxygens (including phenoxy) is 1. The first-order chi connectivity index (χ1) is 7.22. The first-order valence-electron chi connectivity index (χ1n) is 4.80. The van der Waals surface area contributed by atoms with Gasteiger partial charge in [-0.05, 0) is 12.1 Å². The summed E-state index contributed by atoms with van der Waals surface area (Å²) in [4.78, 5) is 13.7. The molecule has 1 aliphatic heterocycles. The van der Waals surface area contributed by atoms with Crippen LogP contribution in [0.3, 0.4) is 0 Å². The molecule has 0 radical (unpaired) electrons. The van der Waals surface area contributed by atoms with Gasteiger partial charge in [-0.25, -0.2) is 0 Å². The summed E-state index contributed by atoms with van der Waals surface area (Å²) in [5, 5.41) is 0. The number of anilines is 1. The Morgan fingerprint density at radius 2 is 2.20 bits per heavy atom. The largest absolute Gasteiger partial charge is 0.495 e. The minimum atomic E-state index is 0.140. The van der Waals surface area contributed by atoms with E-state index in [9.17, 15) is 4.79 Å². The van der Waals surface area contributed by atoms with Gasteiger partial charge < -0.3 is 9.64 Å². The lowest BCUT2D eigenvalue weighted by atomic mass is 10.2. The van der Waals surface area contributed by atoms with Crippen LogP contribution in [0.15, 0.2) is 24.3 Å². The van der Waals surface area contributed by atoms with Crippen molar-refractivity contribution in [2.45, 2.75) is 11.2 Å². The summed E-state index contributed by atoms with van der Waals surface area (Å²) >= 11 is 3.46. The van der Waals surface area contributed by atoms with Gasteiger partial charge in [0.05, 0.1) is 12.8 Å². The summed E-state index contributed by atoms with van der Waals surface area (Å²) in [6.07, 6.45) is 0.554. The molecular formula is C11H12BrNO2. The van der Waals surface area contributed by atoms with Crippen LogP contribution >= 0.6 is 15.9 Å². The molecule has 4 heteroatoms. The topological polar surface area (TPSA) is 29.5 Å². The monoisotopic (exact) mass is 269 g/mol. The van der Waals surface area contributed by atoms with Crippen LogP contribution in [0.2, 0.25) is 0 Å². The average molecular weight is 270 g/mol. The van der Waals surface area contributed by atoms with E-state index in [4.69, 9.17) is 4.74 Å². The summed E-state index contributed by atoms with van der Waals surface area (Å²) in [6.45, 7) is 0.708. The standard InChI is InChI=1S/C11H12BrNO2/c1-15-10-5-3-2-4-9(10)13-7-8(12)6-11(13)14/h2-5,8H,6-7H2,1H3. The van der Waals surface area contributed by atoms with Crippen LogP contribution in [0.4, 0.5) is 5.69 Å². The second-order valence-corrected chi connectivity index (χ2v) is 4.77. The zero-order valence-electron chi connectivity index (χ0n) is 8.44. The van der Waals surface area contributed by atoms with Gasteiger partial charge in [0.15, 0.2) is 0 Å². The number of carbonyl (C=O) groups excluding carboxylic acids is 1. The summed E-state index contributed by atoms with van der Waals surface area (Å²) < 4.78 is 5.23. The molecule has 0 bridgehead atoms. The van der Waals surface area contributed by atoms with Crippen LogP contribution in [0.5, 0.6) is 5.75 Å². The van der Waals surface area contributed by atoms with Gasteiger partial charge in [-0.3, -0.25) is 4.79 Å². The zero-order chi connectivity index (χ0) is 10.8. The van der Waals surface area contributed by atoms with Crippen LogP contribution in [-0.4, -0.2) is 24.4 Å². The predicted octanol–water partition coefficient (Wildman–Crippen LogP) is 2.20. The Morgan fingerprint density at radius 3 is 2.80 bits per heavy atom. The van der Waals surface area contributed by atoms with E-state index in [1.165, 1.54) is 0 Å². The molecule has 2 rings (SSSR count). The molecule has 1 fully saturated rings. The zero-order valence-corrected chi connectivity index (χ0v) is 10.0. The predicted molar refractivity (Wildman–Crippen MR) is 62.7 cm³/mol. The molecule has 1 aliphatic rings. The minimum Gasteiger partial charge on any atom is -0.495 e. The summed E-state index contributed by atoms with van der Waals surface area (Å²) in [5.74, 6) is 0.883. The molecule has 3 nitrogen and oxygen atoms in total. The van der Waals surface area contributed by atoms with Gasteiger partial charge in [-0.15, -0.1) is 0 Å². The number of carbonyl (C=O) groups is 1. The third-order valence-corrected chi connectivity index (χ3v) is 3.07. The highest BCUT2D eigenvalue weighted by Gasteiger charge is 2.30. The number of para-hydroxylation sites is 2.